The van der Waals surface area contributed by atoms with Crippen molar-refractivity contribution in [2.75, 3.05) is 5.32 Å². The summed E-state index contributed by atoms with van der Waals surface area (Å²) in [7, 11) is 0. The molecule has 0 aliphatic rings. The first-order valence-corrected chi connectivity index (χ1v) is 7.38. The number of hydrogen-bond donors (Lipinski definition) is 1. The highest BCUT2D eigenvalue weighted by Gasteiger charge is 2.33. The Kier molecular flexibility index (Phi) is 4.45. The Balaban J connectivity index is 1.81. The van der Waals surface area contributed by atoms with Crippen molar-refractivity contribution in [1.82, 2.24) is 15.0 Å². The first-order chi connectivity index (χ1) is 11.8. The summed E-state index contributed by atoms with van der Waals surface area (Å²) in [6.07, 6.45) is -3.39. The molecule has 128 valence electrons. The first kappa shape index (κ1) is 17.0. The molecule has 9 heteroatoms. The topological polar surface area (TPSA) is 59.8 Å². The third-order valence-electron chi connectivity index (χ3n) is 3.24. The molecule has 2 aromatic carbocycles. The minimum atomic E-state index is -4.62. The minimum Gasteiger partial charge on any atom is -0.321 e. The molecule has 1 N–H and O–H groups in total. The lowest BCUT2D eigenvalue weighted by Gasteiger charge is -2.11. The van der Waals surface area contributed by atoms with Gasteiger partial charge in [0.2, 0.25) is 0 Å². The molecule has 0 saturated heterocycles. The molecular weight excluding hydrogens is 357 g/mol. The van der Waals surface area contributed by atoms with Gasteiger partial charge in [0.05, 0.1) is 22.5 Å². The Labute approximate surface area is 145 Å². The average Bonchev–Trinajstić information content (AvgIpc) is 3.06. The summed E-state index contributed by atoms with van der Waals surface area (Å²) in [6.45, 7) is 0. The fraction of sp³-hybridized carbons (Fsp3) is 0.0625. The molecule has 1 amide bonds. The van der Waals surface area contributed by atoms with Gasteiger partial charge in [-0.2, -0.15) is 23.1 Å². The van der Waals surface area contributed by atoms with Crippen LogP contribution in [0.4, 0.5) is 18.9 Å². The second kappa shape index (κ2) is 6.56. The van der Waals surface area contributed by atoms with Gasteiger partial charge in [0.1, 0.15) is 0 Å². The summed E-state index contributed by atoms with van der Waals surface area (Å²) in [4.78, 5) is 13.4. The van der Waals surface area contributed by atoms with Crippen LogP contribution in [0.2, 0.25) is 5.02 Å². The maximum absolute atomic E-state index is 12.9. The predicted molar refractivity (Wildman–Crippen MR) is 85.8 cm³/mol. The number of anilines is 1. The molecule has 0 bridgehead atoms. The van der Waals surface area contributed by atoms with E-state index in [-0.39, 0.29) is 11.4 Å². The number of rotatable bonds is 3. The zero-order valence-corrected chi connectivity index (χ0v) is 13.2. The summed E-state index contributed by atoms with van der Waals surface area (Å²) < 4.78 is 38.6. The zero-order chi connectivity index (χ0) is 18.0. The molecule has 0 atom stereocenters. The summed E-state index contributed by atoms with van der Waals surface area (Å²) in [5.74, 6) is -0.683. The number of hydrogen-bond acceptors (Lipinski definition) is 3. The highest BCUT2D eigenvalue weighted by atomic mass is 35.5. The fourth-order valence-electron chi connectivity index (χ4n) is 2.07. The van der Waals surface area contributed by atoms with Crippen molar-refractivity contribution in [3.8, 4) is 5.69 Å². The lowest BCUT2D eigenvalue weighted by Crippen LogP contribution is -2.14. The predicted octanol–water partition coefficient (Wildman–Crippen LogP) is 4.19. The van der Waals surface area contributed by atoms with E-state index in [1.807, 2.05) is 6.07 Å². The maximum Gasteiger partial charge on any atom is 0.417 e. The van der Waals surface area contributed by atoms with E-state index in [2.05, 4.69) is 15.5 Å². The van der Waals surface area contributed by atoms with Crippen molar-refractivity contribution < 1.29 is 18.0 Å². The Morgan fingerprint density at radius 3 is 2.52 bits per heavy atom. The molecule has 0 aliphatic heterocycles. The Bertz CT molecular complexity index is 909. The van der Waals surface area contributed by atoms with Gasteiger partial charge in [-0.15, -0.1) is 5.10 Å². The van der Waals surface area contributed by atoms with Gasteiger partial charge in [0.25, 0.3) is 5.91 Å². The largest absolute Gasteiger partial charge is 0.417 e. The number of carbonyl (C=O) groups is 1. The van der Waals surface area contributed by atoms with Crippen molar-refractivity contribution >= 4 is 23.2 Å². The van der Waals surface area contributed by atoms with Crippen LogP contribution in [0.3, 0.4) is 0 Å². The fourth-order valence-corrected chi connectivity index (χ4v) is 2.29. The number of aromatic nitrogens is 3. The van der Waals surface area contributed by atoms with E-state index < -0.39 is 22.7 Å². The third-order valence-corrected chi connectivity index (χ3v) is 3.57. The lowest BCUT2D eigenvalue weighted by molar-refractivity contribution is -0.137. The van der Waals surface area contributed by atoms with E-state index in [9.17, 15) is 18.0 Å². The summed E-state index contributed by atoms with van der Waals surface area (Å²) in [5, 5.41) is 9.88. The molecule has 0 saturated carbocycles. The van der Waals surface area contributed by atoms with Crippen LogP contribution in [0.25, 0.3) is 5.69 Å². The number of alkyl halides is 3. The van der Waals surface area contributed by atoms with E-state index in [0.29, 0.717) is 5.69 Å². The lowest BCUT2D eigenvalue weighted by atomic mass is 10.2. The SMILES string of the molecule is O=C(Nc1ccc(Cl)c(C(F)(F)F)c1)c1cnn(-c2ccccc2)n1. The van der Waals surface area contributed by atoms with Gasteiger partial charge in [-0.1, -0.05) is 29.8 Å². The van der Waals surface area contributed by atoms with Crippen molar-refractivity contribution in [2.24, 2.45) is 0 Å². The zero-order valence-electron chi connectivity index (χ0n) is 12.5. The number of benzene rings is 2. The molecule has 25 heavy (non-hydrogen) atoms. The van der Waals surface area contributed by atoms with Crippen LogP contribution < -0.4 is 5.32 Å². The van der Waals surface area contributed by atoms with E-state index in [0.717, 1.165) is 12.1 Å². The van der Waals surface area contributed by atoms with Crippen LogP contribution in [0.15, 0.2) is 54.7 Å². The Hall–Kier alpha value is -2.87. The molecule has 3 aromatic rings. The van der Waals surface area contributed by atoms with Crippen molar-refractivity contribution in [1.29, 1.82) is 0 Å². The molecule has 1 aromatic heterocycles. The summed E-state index contributed by atoms with van der Waals surface area (Å²) >= 11 is 5.55. The first-order valence-electron chi connectivity index (χ1n) is 7.00. The number of nitrogens with one attached hydrogen (secondary N) is 1. The number of amides is 1. The van der Waals surface area contributed by atoms with E-state index in [1.54, 1.807) is 24.3 Å². The molecule has 0 unspecified atom stereocenters. The highest BCUT2D eigenvalue weighted by molar-refractivity contribution is 6.31. The number of para-hydroxylation sites is 1. The highest BCUT2D eigenvalue weighted by Crippen LogP contribution is 2.36. The van der Waals surface area contributed by atoms with Crippen LogP contribution in [-0.2, 0) is 6.18 Å². The van der Waals surface area contributed by atoms with Gasteiger partial charge in [-0.3, -0.25) is 4.79 Å². The molecular formula is C16H10ClF3N4O. The van der Waals surface area contributed by atoms with E-state index in [4.69, 9.17) is 11.6 Å². The number of carbonyl (C=O) groups excluding carboxylic acids is 1. The molecule has 0 fully saturated rings. The van der Waals surface area contributed by atoms with Crippen molar-refractivity contribution in [3.63, 3.8) is 0 Å². The summed E-state index contributed by atoms with van der Waals surface area (Å²) in [5.41, 5.74) is -0.462. The quantitative estimate of drug-likeness (QED) is 0.756. The van der Waals surface area contributed by atoms with Crippen LogP contribution in [0, 0.1) is 0 Å². The second-order valence-corrected chi connectivity index (χ2v) is 5.41. The third kappa shape index (κ3) is 3.80. The molecule has 1 heterocycles. The van der Waals surface area contributed by atoms with Crippen LogP contribution >= 0.6 is 11.6 Å². The van der Waals surface area contributed by atoms with Gasteiger partial charge in [-0.25, -0.2) is 0 Å². The van der Waals surface area contributed by atoms with Crippen LogP contribution in [0.5, 0.6) is 0 Å². The minimum absolute atomic E-state index is 0.0349. The molecule has 0 spiro atoms. The maximum atomic E-state index is 12.9. The standard InChI is InChI=1S/C16H10ClF3N4O/c17-13-7-6-10(8-12(13)16(18,19)20)22-15(25)14-9-21-24(23-14)11-4-2-1-3-5-11/h1-9H,(H,22,25). The van der Waals surface area contributed by atoms with E-state index in [1.165, 1.54) is 17.1 Å². The van der Waals surface area contributed by atoms with Gasteiger partial charge < -0.3 is 5.32 Å². The smallest absolute Gasteiger partial charge is 0.321 e. The van der Waals surface area contributed by atoms with Crippen LogP contribution in [-0.4, -0.2) is 20.9 Å². The molecule has 5 nitrogen and oxygen atoms in total. The number of halogens is 4. The van der Waals surface area contributed by atoms with Crippen molar-refractivity contribution in [2.45, 2.75) is 6.18 Å². The van der Waals surface area contributed by atoms with Gasteiger partial charge in [0, 0.05) is 5.69 Å². The van der Waals surface area contributed by atoms with Crippen molar-refractivity contribution in [3.05, 3.63) is 71.0 Å². The summed E-state index contributed by atoms with van der Waals surface area (Å²) in [6, 6.07) is 12.0. The van der Waals surface area contributed by atoms with Gasteiger partial charge in [-0.05, 0) is 30.3 Å². The van der Waals surface area contributed by atoms with Gasteiger partial charge in [0.15, 0.2) is 5.69 Å². The molecule has 3 rings (SSSR count). The monoisotopic (exact) mass is 366 g/mol. The number of nitrogens with zero attached hydrogens (tertiary/aromatic N) is 3. The average molecular weight is 367 g/mol. The molecule has 0 radical (unpaired) electrons. The Morgan fingerprint density at radius 2 is 1.84 bits per heavy atom. The van der Waals surface area contributed by atoms with Gasteiger partial charge >= 0.3 is 6.18 Å². The second-order valence-electron chi connectivity index (χ2n) is 5.00. The van der Waals surface area contributed by atoms with E-state index >= 15 is 0 Å². The normalized spacial score (nSPS) is 11.4. The van der Waals surface area contributed by atoms with Crippen LogP contribution in [0.1, 0.15) is 16.1 Å². The molecule has 0 aliphatic carbocycles. The Morgan fingerprint density at radius 1 is 1.12 bits per heavy atom.